The minimum absolute atomic E-state index is 0.00445. The van der Waals surface area contributed by atoms with Crippen molar-refractivity contribution in [1.82, 2.24) is 15.2 Å². The highest BCUT2D eigenvalue weighted by atomic mass is 32.1. The van der Waals surface area contributed by atoms with Crippen molar-refractivity contribution in [2.45, 2.75) is 69.9 Å². The Labute approximate surface area is 192 Å². The van der Waals surface area contributed by atoms with E-state index in [9.17, 15) is 14.0 Å². The molecule has 1 fully saturated rings. The van der Waals surface area contributed by atoms with E-state index < -0.39 is 5.54 Å². The van der Waals surface area contributed by atoms with Gasteiger partial charge in [0.1, 0.15) is 16.6 Å². The van der Waals surface area contributed by atoms with E-state index in [1.807, 2.05) is 0 Å². The van der Waals surface area contributed by atoms with Gasteiger partial charge in [-0.1, -0.05) is 0 Å². The van der Waals surface area contributed by atoms with Crippen LogP contribution in [-0.4, -0.2) is 41.4 Å². The first-order chi connectivity index (χ1) is 15.4. The Morgan fingerprint density at radius 3 is 2.84 bits per heavy atom. The molecule has 1 N–H and O–H groups in total. The van der Waals surface area contributed by atoms with Gasteiger partial charge < -0.3 is 15.0 Å². The van der Waals surface area contributed by atoms with Crippen molar-refractivity contribution in [2.75, 3.05) is 14.2 Å². The van der Waals surface area contributed by atoms with Crippen LogP contribution in [0.5, 0.6) is 5.75 Å². The largest absolute Gasteiger partial charge is 0.497 e. The minimum Gasteiger partial charge on any atom is -0.497 e. The molecule has 1 aromatic heterocycles. The zero-order valence-corrected chi connectivity index (χ0v) is 19.5. The maximum atomic E-state index is 14.4. The molecule has 0 saturated carbocycles. The van der Waals surface area contributed by atoms with E-state index in [-0.39, 0.29) is 24.1 Å². The van der Waals surface area contributed by atoms with Crippen molar-refractivity contribution in [3.05, 3.63) is 45.2 Å². The van der Waals surface area contributed by atoms with Gasteiger partial charge in [0, 0.05) is 30.3 Å². The lowest BCUT2D eigenvalue weighted by Crippen LogP contribution is -2.44. The quantitative estimate of drug-likeness (QED) is 0.652. The lowest BCUT2D eigenvalue weighted by atomic mass is 9.84. The zero-order valence-electron chi connectivity index (χ0n) is 18.7. The highest BCUT2D eigenvalue weighted by Gasteiger charge is 2.38. The first-order valence-corrected chi connectivity index (χ1v) is 12.0. The number of rotatable bonds is 8. The van der Waals surface area contributed by atoms with Crippen molar-refractivity contribution in [1.29, 1.82) is 0 Å². The van der Waals surface area contributed by atoms with Gasteiger partial charge >= 0.3 is 0 Å². The molecule has 0 radical (unpaired) electrons. The maximum absolute atomic E-state index is 14.4. The number of aromatic nitrogens is 1. The number of nitrogens with one attached hydrogen (secondary N) is 1. The fraction of sp³-hybridized carbons (Fsp3) is 0.542. The molecule has 0 spiro atoms. The van der Waals surface area contributed by atoms with E-state index in [0.717, 1.165) is 17.8 Å². The van der Waals surface area contributed by atoms with E-state index in [2.05, 4.69) is 5.32 Å². The molecule has 32 heavy (non-hydrogen) atoms. The number of nitrogens with zero attached hydrogens (tertiary/aromatic N) is 2. The molecule has 1 aromatic carbocycles. The normalized spacial score (nSPS) is 20.0. The van der Waals surface area contributed by atoms with E-state index in [1.165, 1.54) is 36.6 Å². The third-order valence-corrected chi connectivity index (χ3v) is 7.66. The first-order valence-electron chi connectivity index (χ1n) is 11.2. The summed E-state index contributed by atoms with van der Waals surface area (Å²) < 4.78 is 19.7. The molecule has 2 aromatic rings. The second kappa shape index (κ2) is 9.57. The standard InChI is InChI=1S/C24H30FN3O3S/c1-28(15-22-26-19-5-3-4-6-20(19)32-22)23(30)10-12-24(11-9-21(29)27-24)14-16-13-17(31-2)7-8-18(16)25/h7-8,13H,3-6,9-12,14-15H2,1-2H3,(H,27,29)/t24-/m0/s1. The first kappa shape index (κ1) is 22.7. The van der Waals surface area contributed by atoms with Crippen molar-refractivity contribution in [2.24, 2.45) is 0 Å². The van der Waals surface area contributed by atoms with E-state index in [4.69, 9.17) is 9.72 Å². The highest BCUT2D eigenvalue weighted by Crippen LogP contribution is 2.32. The van der Waals surface area contributed by atoms with Crippen LogP contribution >= 0.6 is 11.3 Å². The van der Waals surface area contributed by atoms with Crippen LogP contribution in [0.2, 0.25) is 0 Å². The molecule has 1 saturated heterocycles. The van der Waals surface area contributed by atoms with Gasteiger partial charge in [0.15, 0.2) is 0 Å². The van der Waals surface area contributed by atoms with Crippen LogP contribution in [0.4, 0.5) is 4.39 Å². The summed E-state index contributed by atoms with van der Waals surface area (Å²) in [6.07, 6.45) is 6.58. The summed E-state index contributed by atoms with van der Waals surface area (Å²) in [7, 11) is 3.34. The number of carbonyl (C=O) groups is 2. The Kier molecular flexibility index (Phi) is 6.79. The van der Waals surface area contributed by atoms with Gasteiger partial charge in [-0.25, -0.2) is 9.37 Å². The summed E-state index contributed by atoms with van der Waals surface area (Å²) in [6.45, 7) is 0.500. The zero-order chi connectivity index (χ0) is 22.7. The molecule has 8 heteroatoms. The number of thiazole rings is 1. The molecule has 1 aliphatic heterocycles. The number of halogens is 1. The number of fused-ring (bicyclic) bond motifs is 1. The number of ether oxygens (including phenoxy) is 1. The third kappa shape index (κ3) is 5.11. The maximum Gasteiger partial charge on any atom is 0.222 e. The molecule has 1 aliphatic carbocycles. The summed E-state index contributed by atoms with van der Waals surface area (Å²) in [4.78, 5) is 32.7. The predicted octanol–water partition coefficient (Wildman–Crippen LogP) is 3.80. The van der Waals surface area contributed by atoms with Gasteiger partial charge in [-0.15, -0.1) is 11.3 Å². The summed E-state index contributed by atoms with van der Waals surface area (Å²) in [6, 6.07) is 4.62. The molecular weight excluding hydrogens is 429 g/mol. The molecule has 4 rings (SSSR count). The second-order valence-corrected chi connectivity index (χ2v) is 10.1. The SMILES string of the molecule is COc1ccc(F)c(C[C@@]2(CCC(=O)N(C)Cc3nc4c(s3)CCCC4)CCC(=O)N2)c1. The molecule has 1 atom stereocenters. The Balaban J connectivity index is 1.40. The molecule has 6 nitrogen and oxygen atoms in total. The Hall–Kier alpha value is -2.48. The number of hydrogen-bond donors (Lipinski definition) is 1. The monoisotopic (exact) mass is 459 g/mol. The molecular formula is C24H30FN3O3S. The van der Waals surface area contributed by atoms with Crippen LogP contribution < -0.4 is 10.1 Å². The Bertz CT molecular complexity index is 985. The van der Waals surface area contributed by atoms with Crippen molar-refractivity contribution < 1.29 is 18.7 Å². The highest BCUT2D eigenvalue weighted by molar-refractivity contribution is 7.11. The topological polar surface area (TPSA) is 71.5 Å². The van der Waals surface area contributed by atoms with Crippen molar-refractivity contribution in [3.63, 3.8) is 0 Å². The van der Waals surface area contributed by atoms with E-state index in [1.54, 1.807) is 35.4 Å². The van der Waals surface area contributed by atoms with Crippen LogP contribution in [-0.2, 0) is 35.4 Å². The fourth-order valence-corrected chi connectivity index (χ4v) is 5.87. The number of aryl methyl sites for hydroxylation is 2. The van der Waals surface area contributed by atoms with E-state index >= 15 is 0 Å². The summed E-state index contributed by atoms with van der Waals surface area (Å²) in [5.74, 6) is 0.192. The molecule has 2 heterocycles. The van der Waals surface area contributed by atoms with Gasteiger partial charge in [0.05, 0.1) is 19.3 Å². The Morgan fingerprint density at radius 1 is 1.31 bits per heavy atom. The average molecular weight is 460 g/mol. The smallest absolute Gasteiger partial charge is 0.222 e. The van der Waals surface area contributed by atoms with Crippen LogP contribution in [0, 0.1) is 5.82 Å². The minimum atomic E-state index is -0.624. The van der Waals surface area contributed by atoms with Gasteiger partial charge in [-0.3, -0.25) is 9.59 Å². The van der Waals surface area contributed by atoms with Crippen LogP contribution in [0.15, 0.2) is 18.2 Å². The van der Waals surface area contributed by atoms with Crippen LogP contribution in [0.1, 0.15) is 59.7 Å². The summed E-state index contributed by atoms with van der Waals surface area (Å²) in [5, 5.41) is 4.01. The number of hydrogen-bond acceptors (Lipinski definition) is 5. The molecule has 2 aliphatic rings. The molecule has 0 unspecified atom stereocenters. The number of amides is 2. The third-order valence-electron chi connectivity index (χ3n) is 6.52. The molecule has 2 amide bonds. The van der Waals surface area contributed by atoms with Crippen molar-refractivity contribution >= 4 is 23.2 Å². The van der Waals surface area contributed by atoms with E-state index in [0.29, 0.717) is 43.5 Å². The Morgan fingerprint density at radius 2 is 2.12 bits per heavy atom. The summed E-state index contributed by atoms with van der Waals surface area (Å²) in [5.41, 5.74) is 1.06. The van der Waals surface area contributed by atoms with Crippen LogP contribution in [0.3, 0.4) is 0 Å². The van der Waals surface area contributed by atoms with Gasteiger partial charge in [-0.2, -0.15) is 0 Å². The van der Waals surface area contributed by atoms with Gasteiger partial charge in [0.2, 0.25) is 11.8 Å². The second-order valence-electron chi connectivity index (χ2n) is 8.90. The number of methoxy groups -OCH3 is 1. The fourth-order valence-electron chi connectivity index (χ4n) is 4.66. The number of carbonyl (C=O) groups excluding carboxylic acids is 2. The molecule has 172 valence electrons. The predicted molar refractivity (Wildman–Crippen MR) is 121 cm³/mol. The van der Waals surface area contributed by atoms with Crippen LogP contribution in [0.25, 0.3) is 0 Å². The van der Waals surface area contributed by atoms with Gasteiger partial charge in [-0.05, 0) is 68.7 Å². The lowest BCUT2D eigenvalue weighted by molar-refractivity contribution is -0.131. The molecule has 0 bridgehead atoms. The average Bonchev–Trinajstić information content (AvgIpc) is 3.36. The van der Waals surface area contributed by atoms with Gasteiger partial charge in [0.25, 0.3) is 0 Å². The summed E-state index contributed by atoms with van der Waals surface area (Å²) >= 11 is 1.72. The lowest BCUT2D eigenvalue weighted by Gasteiger charge is -2.30. The van der Waals surface area contributed by atoms with Crippen molar-refractivity contribution in [3.8, 4) is 5.75 Å². The number of benzene rings is 1.